The molecular formula is C29H28N6O2. The van der Waals surface area contributed by atoms with Crippen LogP contribution in [0.15, 0.2) is 66.0 Å². The van der Waals surface area contributed by atoms with Crippen molar-refractivity contribution < 1.29 is 9.15 Å². The Balaban J connectivity index is 1.24. The fourth-order valence-electron chi connectivity index (χ4n) is 5.58. The highest BCUT2D eigenvalue weighted by Crippen LogP contribution is 2.39. The van der Waals surface area contributed by atoms with Gasteiger partial charge in [-0.1, -0.05) is 6.42 Å². The van der Waals surface area contributed by atoms with Crippen molar-refractivity contribution in [3.63, 3.8) is 0 Å². The molecular weight excluding hydrogens is 464 g/mol. The second kappa shape index (κ2) is 8.65. The summed E-state index contributed by atoms with van der Waals surface area (Å²) in [5.41, 5.74) is 7.24. The molecule has 1 atom stereocenters. The lowest BCUT2D eigenvalue weighted by Gasteiger charge is -2.32. The van der Waals surface area contributed by atoms with E-state index in [-0.39, 0.29) is 6.10 Å². The maximum atomic E-state index is 6.25. The third kappa shape index (κ3) is 3.80. The predicted molar refractivity (Wildman–Crippen MR) is 142 cm³/mol. The van der Waals surface area contributed by atoms with Gasteiger partial charge in [0, 0.05) is 34.0 Å². The molecule has 0 spiro atoms. The molecule has 3 N–H and O–H groups in total. The minimum atomic E-state index is -0.408. The second-order valence-corrected chi connectivity index (χ2v) is 10.1. The molecule has 0 bridgehead atoms. The molecule has 1 unspecified atom stereocenters. The number of nitrogens with zero attached hydrogens (tertiary/aromatic N) is 3. The van der Waals surface area contributed by atoms with Crippen molar-refractivity contribution in [1.29, 1.82) is 0 Å². The molecule has 8 nitrogen and oxygen atoms in total. The predicted octanol–water partition coefficient (Wildman–Crippen LogP) is 6.16. The summed E-state index contributed by atoms with van der Waals surface area (Å²) in [6, 6.07) is 8.26. The number of pyridine rings is 2. The minimum Gasteiger partial charge on any atom is -0.489 e. The van der Waals surface area contributed by atoms with E-state index < -0.39 is 5.54 Å². The minimum absolute atomic E-state index is 0.275. The van der Waals surface area contributed by atoms with Gasteiger partial charge in [-0.05, 0) is 69.1 Å². The first-order chi connectivity index (χ1) is 18.2. The number of ether oxygens (including phenoxy) is 1. The summed E-state index contributed by atoms with van der Waals surface area (Å²) in [7, 11) is 0. The Morgan fingerprint density at radius 2 is 2.00 bits per heavy atom. The van der Waals surface area contributed by atoms with Crippen molar-refractivity contribution in [2.75, 3.05) is 0 Å². The van der Waals surface area contributed by atoms with Crippen LogP contribution < -0.4 is 10.1 Å². The van der Waals surface area contributed by atoms with Gasteiger partial charge in [0.1, 0.15) is 11.4 Å². The number of aromatic amines is 2. The van der Waals surface area contributed by atoms with Gasteiger partial charge in [-0.2, -0.15) is 5.10 Å². The Morgan fingerprint density at radius 1 is 1.08 bits per heavy atom. The molecule has 186 valence electrons. The van der Waals surface area contributed by atoms with E-state index in [0.717, 1.165) is 69.0 Å². The number of furan rings is 1. The summed E-state index contributed by atoms with van der Waals surface area (Å²) in [4.78, 5) is 12.7. The SMILES string of the molecule is CC1(c2ccoc2)NC=Cc2[nH]c(-c3n[nH]c4cnc(-c5cncc(OC6CCCCC6)c5)cc34)cc21. The van der Waals surface area contributed by atoms with Gasteiger partial charge in [-0.3, -0.25) is 15.1 Å². The zero-order valence-electron chi connectivity index (χ0n) is 20.6. The van der Waals surface area contributed by atoms with Gasteiger partial charge in [-0.25, -0.2) is 0 Å². The van der Waals surface area contributed by atoms with Gasteiger partial charge in [0.05, 0.1) is 53.5 Å². The van der Waals surface area contributed by atoms with Gasteiger partial charge < -0.3 is 19.5 Å². The number of H-pyrrole nitrogens is 2. The first-order valence-electron chi connectivity index (χ1n) is 12.8. The van der Waals surface area contributed by atoms with Crippen molar-refractivity contribution in [2.45, 2.75) is 50.7 Å². The number of fused-ring (bicyclic) bond motifs is 2. The molecule has 0 radical (unpaired) electrons. The van der Waals surface area contributed by atoms with Crippen LogP contribution in [0.5, 0.6) is 5.75 Å². The highest BCUT2D eigenvalue weighted by atomic mass is 16.5. The molecule has 1 aliphatic heterocycles. The van der Waals surface area contributed by atoms with E-state index in [1.165, 1.54) is 19.3 Å². The second-order valence-electron chi connectivity index (χ2n) is 10.1. The van der Waals surface area contributed by atoms with E-state index in [2.05, 4.69) is 49.5 Å². The van der Waals surface area contributed by atoms with Crippen LogP contribution in [0.1, 0.15) is 55.8 Å². The fourth-order valence-corrected chi connectivity index (χ4v) is 5.58. The number of rotatable bonds is 5. The zero-order chi connectivity index (χ0) is 24.8. The van der Waals surface area contributed by atoms with Gasteiger partial charge in [0.25, 0.3) is 0 Å². The topological polar surface area (TPSA) is 105 Å². The van der Waals surface area contributed by atoms with Crippen LogP contribution in [0, 0.1) is 0 Å². The quantitative estimate of drug-likeness (QED) is 0.272. The molecule has 1 aliphatic carbocycles. The Kier molecular flexibility index (Phi) is 5.13. The molecule has 1 saturated carbocycles. The molecule has 0 amide bonds. The van der Waals surface area contributed by atoms with E-state index in [0.29, 0.717) is 0 Å². The smallest absolute Gasteiger partial charge is 0.138 e. The molecule has 0 saturated heterocycles. The molecule has 2 aliphatic rings. The van der Waals surface area contributed by atoms with E-state index >= 15 is 0 Å². The molecule has 8 heteroatoms. The van der Waals surface area contributed by atoms with Gasteiger partial charge in [0.15, 0.2) is 0 Å². The first kappa shape index (κ1) is 21.9. The number of aromatic nitrogens is 5. The Morgan fingerprint density at radius 3 is 2.86 bits per heavy atom. The third-order valence-electron chi connectivity index (χ3n) is 7.67. The van der Waals surface area contributed by atoms with E-state index in [1.807, 2.05) is 36.8 Å². The lowest BCUT2D eigenvalue weighted by molar-refractivity contribution is 0.154. The van der Waals surface area contributed by atoms with Crippen LogP contribution in [-0.2, 0) is 5.54 Å². The van der Waals surface area contributed by atoms with Crippen molar-refractivity contribution in [3.05, 3.63) is 78.4 Å². The summed E-state index contributed by atoms with van der Waals surface area (Å²) in [6.07, 6.45) is 19.2. The summed E-state index contributed by atoms with van der Waals surface area (Å²) >= 11 is 0. The molecule has 5 aromatic heterocycles. The highest BCUT2D eigenvalue weighted by Gasteiger charge is 2.34. The molecule has 5 aromatic rings. The summed E-state index contributed by atoms with van der Waals surface area (Å²) in [6.45, 7) is 2.15. The zero-order valence-corrected chi connectivity index (χ0v) is 20.6. The summed E-state index contributed by atoms with van der Waals surface area (Å²) < 4.78 is 11.6. The van der Waals surface area contributed by atoms with E-state index in [4.69, 9.17) is 9.15 Å². The number of hydrogen-bond acceptors (Lipinski definition) is 6. The molecule has 1 fully saturated rings. The fraction of sp³-hybridized carbons (Fsp3) is 0.276. The Labute approximate surface area is 214 Å². The van der Waals surface area contributed by atoms with Gasteiger partial charge in [-0.15, -0.1) is 0 Å². The normalized spacial score (nSPS) is 19.6. The maximum Gasteiger partial charge on any atom is 0.138 e. The van der Waals surface area contributed by atoms with Crippen molar-refractivity contribution in [2.24, 2.45) is 0 Å². The number of hydrogen-bond donors (Lipinski definition) is 3. The first-order valence-corrected chi connectivity index (χ1v) is 12.8. The molecule has 37 heavy (non-hydrogen) atoms. The third-order valence-corrected chi connectivity index (χ3v) is 7.67. The van der Waals surface area contributed by atoms with Crippen molar-refractivity contribution >= 4 is 17.0 Å². The molecule has 6 heterocycles. The largest absolute Gasteiger partial charge is 0.489 e. The van der Waals surface area contributed by atoms with Crippen LogP contribution >= 0.6 is 0 Å². The highest BCUT2D eigenvalue weighted by molar-refractivity contribution is 5.94. The van der Waals surface area contributed by atoms with Crippen LogP contribution in [0.2, 0.25) is 0 Å². The van der Waals surface area contributed by atoms with Crippen LogP contribution in [0.3, 0.4) is 0 Å². The lowest BCUT2D eigenvalue weighted by Crippen LogP contribution is -2.38. The van der Waals surface area contributed by atoms with E-state index in [9.17, 15) is 0 Å². The van der Waals surface area contributed by atoms with Gasteiger partial charge >= 0.3 is 0 Å². The van der Waals surface area contributed by atoms with Gasteiger partial charge in [0.2, 0.25) is 0 Å². The van der Waals surface area contributed by atoms with Crippen molar-refractivity contribution in [3.8, 4) is 28.4 Å². The van der Waals surface area contributed by atoms with Crippen LogP contribution in [0.25, 0.3) is 39.6 Å². The monoisotopic (exact) mass is 492 g/mol. The Bertz CT molecular complexity index is 1590. The van der Waals surface area contributed by atoms with Crippen LogP contribution in [0.4, 0.5) is 0 Å². The maximum absolute atomic E-state index is 6.25. The van der Waals surface area contributed by atoms with Crippen molar-refractivity contribution in [1.82, 2.24) is 30.5 Å². The molecule has 7 rings (SSSR count). The van der Waals surface area contributed by atoms with E-state index in [1.54, 1.807) is 18.7 Å². The average Bonchev–Trinajstić information content (AvgIpc) is 3.69. The summed E-state index contributed by atoms with van der Waals surface area (Å²) in [5, 5.41) is 12.3. The number of nitrogens with one attached hydrogen (secondary N) is 3. The average molecular weight is 493 g/mol. The van der Waals surface area contributed by atoms with Crippen LogP contribution in [-0.4, -0.2) is 31.3 Å². The lowest BCUT2D eigenvalue weighted by atomic mass is 9.84. The summed E-state index contributed by atoms with van der Waals surface area (Å²) in [5.74, 6) is 0.800. The Hall–Kier alpha value is -4.33. The molecule has 0 aromatic carbocycles. The standard InChI is InChI=1S/C29H28N6O2/c1-29(19-8-10-36-17-19)23-13-26(33-24(23)7-9-32-29)28-22-12-25(31-16-27(22)34-35-28)18-11-21(15-30-14-18)37-20-5-3-2-4-6-20/h7-17,20,32-33H,2-6H2,1H3,(H,34,35).